The molecule has 0 bridgehead atoms. The van der Waals surface area contributed by atoms with Gasteiger partial charge in [-0.2, -0.15) is 0 Å². The third-order valence-corrected chi connectivity index (χ3v) is 7.70. The van der Waals surface area contributed by atoms with Crippen molar-refractivity contribution in [1.29, 1.82) is 0 Å². The quantitative estimate of drug-likeness (QED) is 0.357. The summed E-state index contributed by atoms with van der Waals surface area (Å²) in [6.07, 6.45) is 10.3. The van der Waals surface area contributed by atoms with E-state index < -0.39 is 11.6 Å². The first-order valence-corrected chi connectivity index (χ1v) is 11.1. The Bertz CT molecular complexity index is 868. The van der Waals surface area contributed by atoms with Crippen molar-refractivity contribution in [3.63, 3.8) is 0 Å². The summed E-state index contributed by atoms with van der Waals surface area (Å²) in [6.45, 7) is 8.28. The molecule has 0 amide bonds. The molecule has 28 heavy (non-hydrogen) atoms. The number of benzene rings is 1. The lowest BCUT2D eigenvalue weighted by atomic mass is 9.85. The minimum Gasteiger partial charge on any atom is -0.481 e. The van der Waals surface area contributed by atoms with E-state index in [2.05, 4.69) is 44.0 Å². The predicted octanol–water partition coefficient (Wildman–Crippen LogP) is 5.92. The van der Waals surface area contributed by atoms with Gasteiger partial charge in [0.1, 0.15) is 5.75 Å². The van der Waals surface area contributed by atoms with Gasteiger partial charge in [-0.25, -0.2) is 4.79 Å². The smallest absolute Gasteiger partial charge is 0.345 e. The molecule has 1 fully saturated rings. The van der Waals surface area contributed by atoms with E-state index in [4.69, 9.17) is 15.9 Å². The second kappa shape index (κ2) is 8.41. The fraction of sp³-hybridized carbons (Fsp3) is 0.458. The Morgan fingerprint density at radius 1 is 1.07 bits per heavy atom. The van der Waals surface area contributed by atoms with E-state index in [-0.39, 0.29) is 17.1 Å². The van der Waals surface area contributed by atoms with Gasteiger partial charge in [0.25, 0.3) is 0 Å². The summed E-state index contributed by atoms with van der Waals surface area (Å²) < 4.78 is 11.5. The monoisotopic (exact) mass is 397 g/mol. The minimum atomic E-state index is -0.746. The first-order chi connectivity index (χ1) is 13.3. The number of aryl methyl sites for hydroxylation is 4. The van der Waals surface area contributed by atoms with E-state index in [9.17, 15) is 4.79 Å². The second-order valence-electron chi connectivity index (χ2n) is 7.71. The van der Waals surface area contributed by atoms with Crippen LogP contribution in [0.5, 0.6) is 5.75 Å². The molecule has 1 aliphatic carbocycles. The Morgan fingerprint density at radius 3 is 2.18 bits per heavy atom. The van der Waals surface area contributed by atoms with Crippen molar-refractivity contribution in [2.75, 3.05) is 6.61 Å². The minimum absolute atomic E-state index is 0.0193. The van der Waals surface area contributed by atoms with Crippen molar-refractivity contribution in [2.24, 2.45) is 0 Å². The fourth-order valence-corrected chi connectivity index (χ4v) is 6.28. The van der Waals surface area contributed by atoms with Crippen LogP contribution in [0.3, 0.4) is 0 Å². The molecule has 0 atom stereocenters. The number of hydrogen-bond donors (Lipinski definition) is 0. The standard InChI is InChI=1S/C24H29O3S/c1-6-24(12-8-7-9-13-24)27-22(25)16-26-23-17(2)14-21(15-18(23)3)28-19(4)10-11-20(28)5/h1,10-11,14-15H,7-9,12-13,16H2,2-5H3/q+1. The number of thiophene rings is 1. The van der Waals surface area contributed by atoms with Crippen LogP contribution in [0.4, 0.5) is 0 Å². The largest absolute Gasteiger partial charge is 0.481 e. The molecule has 0 unspecified atom stereocenters. The van der Waals surface area contributed by atoms with E-state index in [1.807, 2.05) is 13.8 Å². The van der Waals surface area contributed by atoms with Gasteiger partial charge in [0.2, 0.25) is 0 Å². The molecule has 3 rings (SSSR count). The molecule has 0 saturated heterocycles. The van der Waals surface area contributed by atoms with Crippen LogP contribution in [0.15, 0.2) is 24.3 Å². The van der Waals surface area contributed by atoms with E-state index in [1.165, 1.54) is 14.6 Å². The van der Waals surface area contributed by atoms with Crippen molar-refractivity contribution in [3.8, 4) is 23.0 Å². The number of rotatable bonds is 5. The van der Waals surface area contributed by atoms with Crippen molar-refractivity contribution in [1.82, 2.24) is 0 Å². The Hall–Kier alpha value is -2.25. The molecular formula is C24H29O3S+. The number of terminal acetylenes is 1. The highest BCUT2D eigenvalue weighted by Crippen LogP contribution is 2.41. The van der Waals surface area contributed by atoms with Gasteiger partial charge in [0.15, 0.2) is 26.9 Å². The molecule has 4 heteroatoms. The first-order valence-electron chi connectivity index (χ1n) is 9.88. The molecule has 1 aliphatic rings. The van der Waals surface area contributed by atoms with Gasteiger partial charge in [0, 0.05) is 36.5 Å². The average Bonchev–Trinajstić information content (AvgIpc) is 3.00. The predicted molar refractivity (Wildman–Crippen MR) is 115 cm³/mol. The summed E-state index contributed by atoms with van der Waals surface area (Å²) in [7, 11) is 0.0193. The van der Waals surface area contributed by atoms with Crippen molar-refractivity contribution >= 4 is 16.4 Å². The van der Waals surface area contributed by atoms with Crippen LogP contribution >= 0.6 is 10.5 Å². The highest BCUT2D eigenvalue weighted by atomic mass is 32.2. The molecule has 3 nitrogen and oxygen atoms in total. The van der Waals surface area contributed by atoms with Crippen LogP contribution in [0.1, 0.15) is 53.0 Å². The molecule has 0 aliphatic heterocycles. The van der Waals surface area contributed by atoms with Gasteiger partial charge in [-0.15, -0.1) is 6.42 Å². The summed E-state index contributed by atoms with van der Waals surface area (Å²) in [4.78, 5) is 16.4. The van der Waals surface area contributed by atoms with Crippen LogP contribution in [0.25, 0.3) is 4.90 Å². The average molecular weight is 398 g/mol. The number of carbonyl (C=O) groups is 1. The lowest BCUT2D eigenvalue weighted by molar-refractivity contribution is -0.159. The summed E-state index contributed by atoms with van der Waals surface area (Å²) in [5.41, 5.74) is 1.32. The third-order valence-electron chi connectivity index (χ3n) is 5.43. The van der Waals surface area contributed by atoms with Gasteiger partial charge >= 0.3 is 5.97 Å². The van der Waals surface area contributed by atoms with E-state index in [0.717, 1.165) is 49.0 Å². The summed E-state index contributed by atoms with van der Waals surface area (Å²) >= 11 is 0. The van der Waals surface area contributed by atoms with Gasteiger partial charge in [-0.1, -0.05) is 12.3 Å². The fourth-order valence-electron chi connectivity index (χ4n) is 4.03. The zero-order valence-electron chi connectivity index (χ0n) is 17.3. The molecule has 0 N–H and O–H groups in total. The molecule has 0 radical (unpaired) electrons. The lowest BCUT2D eigenvalue weighted by Gasteiger charge is -2.31. The Labute approximate surface area is 171 Å². The van der Waals surface area contributed by atoms with E-state index >= 15 is 0 Å². The molecule has 148 valence electrons. The molecule has 0 spiro atoms. The highest BCUT2D eigenvalue weighted by Gasteiger charge is 2.34. The Morgan fingerprint density at radius 2 is 1.64 bits per heavy atom. The van der Waals surface area contributed by atoms with Crippen LogP contribution in [-0.2, 0) is 9.53 Å². The summed E-state index contributed by atoms with van der Waals surface area (Å²) in [6, 6.07) is 8.72. The van der Waals surface area contributed by atoms with Crippen LogP contribution in [0, 0.1) is 40.0 Å². The van der Waals surface area contributed by atoms with Crippen LogP contribution in [0.2, 0.25) is 0 Å². The zero-order valence-corrected chi connectivity index (χ0v) is 18.1. The van der Waals surface area contributed by atoms with Crippen molar-refractivity contribution in [2.45, 2.75) is 65.4 Å². The molecule has 1 aromatic heterocycles. The number of carbonyl (C=O) groups excluding carboxylic acids is 1. The summed E-state index contributed by atoms with van der Waals surface area (Å²) in [5.74, 6) is 3.07. The molecule has 1 saturated carbocycles. The van der Waals surface area contributed by atoms with Gasteiger partial charge in [-0.05, 0) is 62.8 Å². The first kappa shape index (κ1) is 20.5. The summed E-state index contributed by atoms with van der Waals surface area (Å²) in [5, 5.41) is 0. The highest BCUT2D eigenvalue weighted by molar-refractivity contribution is 7.39. The van der Waals surface area contributed by atoms with Gasteiger partial charge in [-0.3, -0.25) is 0 Å². The van der Waals surface area contributed by atoms with Crippen molar-refractivity contribution < 1.29 is 14.3 Å². The maximum atomic E-state index is 12.4. The lowest BCUT2D eigenvalue weighted by Crippen LogP contribution is -2.37. The van der Waals surface area contributed by atoms with Gasteiger partial charge < -0.3 is 9.47 Å². The number of esters is 1. The maximum Gasteiger partial charge on any atom is 0.345 e. The van der Waals surface area contributed by atoms with Crippen LogP contribution < -0.4 is 4.74 Å². The second-order valence-corrected chi connectivity index (χ2v) is 10.1. The number of ether oxygens (including phenoxy) is 2. The van der Waals surface area contributed by atoms with Crippen molar-refractivity contribution in [3.05, 3.63) is 45.1 Å². The Balaban J connectivity index is 1.71. The van der Waals surface area contributed by atoms with Crippen LogP contribution in [-0.4, -0.2) is 18.2 Å². The Kier molecular flexibility index (Phi) is 6.15. The van der Waals surface area contributed by atoms with E-state index in [1.54, 1.807) is 0 Å². The van der Waals surface area contributed by atoms with E-state index in [0.29, 0.717) is 0 Å². The third kappa shape index (κ3) is 4.25. The zero-order chi connectivity index (χ0) is 20.3. The topological polar surface area (TPSA) is 35.5 Å². The normalized spacial score (nSPS) is 15.7. The number of hydrogen-bond acceptors (Lipinski definition) is 3. The van der Waals surface area contributed by atoms with Gasteiger partial charge in [0.05, 0.1) is 0 Å². The molecule has 1 heterocycles. The molecule has 2 aromatic rings. The molecular weight excluding hydrogens is 368 g/mol. The maximum absolute atomic E-state index is 12.4. The SMILES string of the molecule is C#CC1(OC(=O)COc2c(C)cc(-[s+]3c(C)ccc3C)cc2C)CCCCC1. The molecule has 1 aromatic carbocycles.